The monoisotopic (exact) mass is 285 g/mol. The summed E-state index contributed by atoms with van der Waals surface area (Å²) < 4.78 is 0. The standard InChI is InChI=1S/C17H23N3O/c1-11(2)14-5-7-15(8-6-14)18-17(21)10-9-16-12(3)19-20-13(16)4/h5-8,11H,9-10H2,1-4H3,(H,18,21)(H,19,20). The molecule has 0 unspecified atom stereocenters. The number of aromatic amines is 1. The van der Waals surface area contributed by atoms with E-state index < -0.39 is 0 Å². The fourth-order valence-electron chi connectivity index (χ4n) is 2.36. The summed E-state index contributed by atoms with van der Waals surface area (Å²) in [5.74, 6) is 0.536. The molecule has 0 aliphatic rings. The van der Waals surface area contributed by atoms with E-state index in [4.69, 9.17) is 0 Å². The maximum Gasteiger partial charge on any atom is 0.224 e. The van der Waals surface area contributed by atoms with Gasteiger partial charge in [0.1, 0.15) is 0 Å². The number of carbonyl (C=O) groups is 1. The summed E-state index contributed by atoms with van der Waals surface area (Å²) >= 11 is 0. The number of anilines is 1. The molecule has 2 rings (SSSR count). The molecule has 0 bridgehead atoms. The normalized spacial score (nSPS) is 10.9. The van der Waals surface area contributed by atoms with Crippen molar-refractivity contribution >= 4 is 11.6 Å². The van der Waals surface area contributed by atoms with Crippen LogP contribution >= 0.6 is 0 Å². The van der Waals surface area contributed by atoms with Crippen molar-refractivity contribution < 1.29 is 4.79 Å². The van der Waals surface area contributed by atoms with Crippen molar-refractivity contribution in [2.45, 2.75) is 46.5 Å². The van der Waals surface area contributed by atoms with Crippen LogP contribution in [0.2, 0.25) is 0 Å². The third-order valence-corrected chi connectivity index (χ3v) is 3.74. The predicted molar refractivity (Wildman–Crippen MR) is 85.5 cm³/mol. The lowest BCUT2D eigenvalue weighted by molar-refractivity contribution is -0.116. The third kappa shape index (κ3) is 3.94. The fourth-order valence-corrected chi connectivity index (χ4v) is 2.36. The van der Waals surface area contributed by atoms with E-state index in [1.165, 1.54) is 5.56 Å². The van der Waals surface area contributed by atoms with Crippen LogP contribution in [-0.4, -0.2) is 16.1 Å². The first-order valence-electron chi connectivity index (χ1n) is 7.37. The Labute approximate surface area is 126 Å². The van der Waals surface area contributed by atoms with Crippen LogP contribution < -0.4 is 5.32 Å². The molecule has 0 fully saturated rings. The van der Waals surface area contributed by atoms with Crippen molar-refractivity contribution in [3.8, 4) is 0 Å². The number of carbonyl (C=O) groups excluding carboxylic acids is 1. The summed E-state index contributed by atoms with van der Waals surface area (Å²) in [5.41, 5.74) is 5.28. The molecule has 1 aromatic heterocycles. The van der Waals surface area contributed by atoms with Gasteiger partial charge in [-0.05, 0) is 49.4 Å². The largest absolute Gasteiger partial charge is 0.326 e. The maximum absolute atomic E-state index is 12.0. The van der Waals surface area contributed by atoms with E-state index in [9.17, 15) is 4.79 Å². The Morgan fingerprint density at radius 1 is 1.24 bits per heavy atom. The summed E-state index contributed by atoms with van der Waals surface area (Å²) in [4.78, 5) is 12.0. The summed E-state index contributed by atoms with van der Waals surface area (Å²) in [6.45, 7) is 8.26. The molecule has 112 valence electrons. The molecule has 1 aromatic carbocycles. The lowest BCUT2D eigenvalue weighted by atomic mass is 10.0. The lowest BCUT2D eigenvalue weighted by Crippen LogP contribution is -2.12. The number of rotatable bonds is 5. The summed E-state index contributed by atoms with van der Waals surface area (Å²) in [5, 5.41) is 10.0. The molecule has 4 heteroatoms. The first kappa shape index (κ1) is 15.3. The van der Waals surface area contributed by atoms with E-state index in [0.717, 1.165) is 22.6 Å². The van der Waals surface area contributed by atoms with Crippen LogP contribution in [0.5, 0.6) is 0 Å². The molecule has 2 N–H and O–H groups in total. The summed E-state index contributed by atoms with van der Waals surface area (Å²) in [7, 11) is 0. The van der Waals surface area contributed by atoms with Gasteiger partial charge in [-0.2, -0.15) is 5.10 Å². The molecule has 0 saturated carbocycles. The van der Waals surface area contributed by atoms with Crippen LogP contribution in [0.15, 0.2) is 24.3 Å². The highest BCUT2D eigenvalue weighted by atomic mass is 16.1. The van der Waals surface area contributed by atoms with Crippen molar-refractivity contribution in [2.75, 3.05) is 5.32 Å². The topological polar surface area (TPSA) is 57.8 Å². The van der Waals surface area contributed by atoms with Gasteiger partial charge >= 0.3 is 0 Å². The Hall–Kier alpha value is -2.10. The van der Waals surface area contributed by atoms with Gasteiger partial charge in [-0.25, -0.2) is 0 Å². The average Bonchev–Trinajstić information content (AvgIpc) is 2.76. The Morgan fingerprint density at radius 3 is 2.43 bits per heavy atom. The molecule has 1 heterocycles. The molecule has 0 aliphatic heterocycles. The van der Waals surface area contributed by atoms with Gasteiger partial charge in [0.2, 0.25) is 5.91 Å². The van der Waals surface area contributed by atoms with Crippen molar-refractivity contribution in [3.63, 3.8) is 0 Å². The Morgan fingerprint density at radius 2 is 1.90 bits per heavy atom. The highest BCUT2D eigenvalue weighted by Gasteiger charge is 2.09. The average molecular weight is 285 g/mol. The molecule has 21 heavy (non-hydrogen) atoms. The summed E-state index contributed by atoms with van der Waals surface area (Å²) in [6.07, 6.45) is 1.18. The van der Waals surface area contributed by atoms with Crippen LogP contribution in [0.25, 0.3) is 0 Å². The SMILES string of the molecule is Cc1n[nH]c(C)c1CCC(=O)Nc1ccc(C(C)C)cc1. The van der Waals surface area contributed by atoms with Gasteiger partial charge in [-0.15, -0.1) is 0 Å². The smallest absolute Gasteiger partial charge is 0.224 e. The quantitative estimate of drug-likeness (QED) is 0.879. The maximum atomic E-state index is 12.0. The number of aryl methyl sites for hydroxylation is 2. The molecule has 0 spiro atoms. The second-order valence-electron chi connectivity index (χ2n) is 5.74. The van der Waals surface area contributed by atoms with Crippen LogP contribution in [0.4, 0.5) is 5.69 Å². The molecular weight excluding hydrogens is 262 g/mol. The Bertz CT molecular complexity index is 592. The van der Waals surface area contributed by atoms with Gasteiger partial charge in [0.25, 0.3) is 0 Å². The van der Waals surface area contributed by atoms with Gasteiger partial charge in [-0.3, -0.25) is 9.89 Å². The number of benzene rings is 1. The molecule has 4 nitrogen and oxygen atoms in total. The summed E-state index contributed by atoms with van der Waals surface area (Å²) in [6, 6.07) is 8.04. The predicted octanol–water partition coefficient (Wildman–Crippen LogP) is 3.72. The van der Waals surface area contributed by atoms with E-state index in [1.807, 2.05) is 26.0 Å². The minimum Gasteiger partial charge on any atom is -0.326 e. The van der Waals surface area contributed by atoms with Crippen LogP contribution in [-0.2, 0) is 11.2 Å². The minimum atomic E-state index is 0.0345. The zero-order valence-corrected chi connectivity index (χ0v) is 13.2. The molecule has 0 aliphatic carbocycles. The van der Waals surface area contributed by atoms with Crippen LogP contribution in [0.1, 0.15) is 48.7 Å². The number of nitrogens with zero attached hydrogens (tertiary/aromatic N) is 1. The molecule has 0 radical (unpaired) electrons. The highest BCUT2D eigenvalue weighted by Crippen LogP contribution is 2.18. The van der Waals surface area contributed by atoms with E-state index in [0.29, 0.717) is 18.8 Å². The van der Waals surface area contributed by atoms with Crippen LogP contribution in [0.3, 0.4) is 0 Å². The first-order valence-corrected chi connectivity index (χ1v) is 7.37. The number of H-pyrrole nitrogens is 1. The second kappa shape index (κ2) is 6.57. The van der Waals surface area contributed by atoms with Crippen molar-refractivity contribution in [1.82, 2.24) is 10.2 Å². The van der Waals surface area contributed by atoms with Gasteiger partial charge in [0.15, 0.2) is 0 Å². The van der Waals surface area contributed by atoms with E-state index in [1.54, 1.807) is 0 Å². The zero-order valence-electron chi connectivity index (χ0n) is 13.2. The van der Waals surface area contributed by atoms with Crippen molar-refractivity contribution in [3.05, 3.63) is 46.8 Å². The Kier molecular flexibility index (Phi) is 4.78. The zero-order chi connectivity index (χ0) is 15.4. The first-order chi connectivity index (χ1) is 9.97. The van der Waals surface area contributed by atoms with Crippen molar-refractivity contribution in [2.24, 2.45) is 0 Å². The van der Waals surface area contributed by atoms with E-state index in [-0.39, 0.29) is 5.91 Å². The fraction of sp³-hybridized carbons (Fsp3) is 0.412. The van der Waals surface area contributed by atoms with E-state index >= 15 is 0 Å². The number of amides is 1. The number of nitrogens with one attached hydrogen (secondary N) is 2. The molecule has 0 atom stereocenters. The van der Waals surface area contributed by atoms with Crippen LogP contribution in [0, 0.1) is 13.8 Å². The highest BCUT2D eigenvalue weighted by molar-refractivity contribution is 5.90. The van der Waals surface area contributed by atoms with Gasteiger partial charge in [0, 0.05) is 17.8 Å². The second-order valence-corrected chi connectivity index (χ2v) is 5.74. The van der Waals surface area contributed by atoms with Gasteiger partial charge < -0.3 is 5.32 Å². The number of hydrogen-bond donors (Lipinski definition) is 2. The third-order valence-electron chi connectivity index (χ3n) is 3.74. The molecule has 1 amide bonds. The molecular formula is C17H23N3O. The number of aromatic nitrogens is 2. The van der Waals surface area contributed by atoms with Crippen molar-refractivity contribution in [1.29, 1.82) is 0 Å². The molecule has 2 aromatic rings. The van der Waals surface area contributed by atoms with Gasteiger partial charge in [-0.1, -0.05) is 26.0 Å². The lowest BCUT2D eigenvalue weighted by Gasteiger charge is -2.08. The molecule has 0 saturated heterocycles. The minimum absolute atomic E-state index is 0.0345. The van der Waals surface area contributed by atoms with E-state index in [2.05, 4.69) is 41.5 Å². The number of hydrogen-bond acceptors (Lipinski definition) is 2. The Balaban J connectivity index is 1.90. The van der Waals surface area contributed by atoms with Gasteiger partial charge in [0.05, 0.1) is 5.69 Å².